The molecule has 16 heavy (non-hydrogen) atoms. The van der Waals surface area contributed by atoms with Gasteiger partial charge in [0.2, 0.25) is 0 Å². The maximum absolute atomic E-state index is 4.59. The molecule has 1 saturated carbocycles. The molecular weight excluding hydrogens is 214 g/mol. The highest BCUT2D eigenvalue weighted by Gasteiger charge is 2.20. The third-order valence-corrected chi connectivity index (χ3v) is 4.50. The van der Waals surface area contributed by atoms with Gasteiger partial charge < -0.3 is 0 Å². The van der Waals surface area contributed by atoms with Crippen LogP contribution in [0.25, 0.3) is 10.4 Å². The molecule has 0 aliphatic heterocycles. The van der Waals surface area contributed by atoms with Gasteiger partial charge in [-0.25, -0.2) is 4.98 Å². The third kappa shape index (κ3) is 1.90. The fourth-order valence-corrected chi connectivity index (χ4v) is 3.48. The van der Waals surface area contributed by atoms with Crippen LogP contribution >= 0.6 is 11.3 Å². The van der Waals surface area contributed by atoms with Crippen LogP contribution in [0.5, 0.6) is 0 Å². The third-order valence-electron chi connectivity index (χ3n) is 3.29. The van der Waals surface area contributed by atoms with Crippen LogP contribution in [0.15, 0.2) is 36.5 Å². The highest BCUT2D eigenvalue weighted by atomic mass is 32.1. The van der Waals surface area contributed by atoms with Gasteiger partial charge in [-0.3, -0.25) is 0 Å². The number of thiazole rings is 1. The molecule has 1 fully saturated rings. The average Bonchev–Trinajstić information content (AvgIpc) is 3.01. The minimum atomic E-state index is 0.738. The van der Waals surface area contributed by atoms with Crippen LogP contribution in [-0.4, -0.2) is 4.98 Å². The highest BCUT2D eigenvalue weighted by molar-refractivity contribution is 7.15. The standard InChI is InChI=1S/C14H15NS/c1-2-6-11(7-3-1)13-10-15-14(16-13)12-8-4-5-9-12/h1-3,6-7,10,12H,4-5,8-9H2. The Morgan fingerprint density at radius 2 is 1.81 bits per heavy atom. The Kier molecular flexibility index (Phi) is 2.75. The van der Waals surface area contributed by atoms with Gasteiger partial charge in [0, 0.05) is 12.1 Å². The van der Waals surface area contributed by atoms with Crippen molar-refractivity contribution in [3.8, 4) is 10.4 Å². The van der Waals surface area contributed by atoms with Gasteiger partial charge in [0.25, 0.3) is 0 Å². The fourth-order valence-electron chi connectivity index (χ4n) is 2.38. The van der Waals surface area contributed by atoms with Gasteiger partial charge in [-0.1, -0.05) is 43.2 Å². The lowest BCUT2D eigenvalue weighted by atomic mass is 10.1. The smallest absolute Gasteiger partial charge is 0.0962 e. The fraction of sp³-hybridized carbons (Fsp3) is 0.357. The zero-order valence-electron chi connectivity index (χ0n) is 9.23. The number of hydrogen-bond acceptors (Lipinski definition) is 2. The Morgan fingerprint density at radius 3 is 2.56 bits per heavy atom. The second-order valence-corrected chi connectivity index (χ2v) is 5.47. The van der Waals surface area contributed by atoms with E-state index < -0.39 is 0 Å². The Bertz CT molecular complexity index is 455. The number of aromatic nitrogens is 1. The molecule has 0 radical (unpaired) electrons. The van der Waals surface area contributed by atoms with E-state index in [-0.39, 0.29) is 0 Å². The molecule has 0 atom stereocenters. The SMILES string of the molecule is c1ccc(-c2cnc(C3CCCC3)s2)cc1. The van der Waals surface area contributed by atoms with Gasteiger partial charge in [0.05, 0.1) is 9.88 Å². The van der Waals surface area contributed by atoms with E-state index in [0.717, 1.165) is 5.92 Å². The first-order chi connectivity index (χ1) is 7.93. The minimum absolute atomic E-state index is 0.738. The first-order valence-electron chi connectivity index (χ1n) is 5.94. The molecule has 0 saturated heterocycles. The highest BCUT2D eigenvalue weighted by Crippen LogP contribution is 2.38. The molecule has 0 amide bonds. The second kappa shape index (κ2) is 4.38. The summed E-state index contributed by atoms with van der Waals surface area (Å²) in [5.41, 5.74) is 1.30. The first kappa shape index (κ1) is 10.0. The summed E-state index contributed by atoms with van der Waals surface area (Å²) in [6, 6.07) is 10.6. The predicted octanol–water partition coefficient (Wildman–Crippen LogP) is 4.47. The van der Waals surface area contributed by atoms with E-state index >= 15 is 0 Å². The predicted molar refractivity (Wildman–Crippen MR) is 68.8 cm³/mol. The first-order valence-corrected chi connectivity index (χ1v) is 6.76. The molecule has 2 aromatic rings. The molecule has 3 rings (SSSR count). The van der Waals surface area contributed by atoms with Gasteiger partial charge in [-0.2, -0.15) is 0 Å². The zero-order valence-corrected chi connectivity index (χ0v) is 10.0. The summed E-state index contributed by atoms with van der Waals surface area (Å²) in [6.45, 7) is 0. The Hall–Kier alpha value is -1.15. The second-order valence-electron chi connectivity index (χ2n) is 4.41. The van der Waals surface area contributed by atoms with Crippen LogP contribution in [0.2, 0.25) is 0 Å². The van der Waals surface area contributed by atoms with E-state index in [1.807, 2.05) is 17.5 Å². The van der Waals surface area contributed by atoms with E-state index in [1.54, 1.807) is 0 Å². The lowest BCUT2D eigenvalue weighted by molar-refractivity contribution is 0.716. The molecule has 0 N–H and O–H groups in total. The largest absolute Gasteiger partial charge is 0.249 e. The summed E-state index contributed by atoms with van der Waals surface area (Å²) in [4.78, 5) is 5.90. The van der Waals surface area contributed by atoms with E-state index in [4.69, 9.17) is 0 Å². The summed E-state index contributed by atoms with van der Waals surface area (Å²) in [5, 5.41) is 1.34. The number of rotatable bonds is 2. The lowest BCUT2D eigenvalue weighted by Gasteiger charge is -2.02. The van der Waals surface area contributed by atoms with Crippen LogP contribution in [0, 0.1) is 0 Å². The quantitative estimate of drug-likeness (QED) is 0.740. The van der Waals surface area contributed by atoms with Crippen LogP contribution in [0.3, 0.4) is 0 Å². The van der Waals surface area contributed by atoms with Crippen molar-refractivity contribution in [2.75, 3.05) is 0 Å². The van der Waals surface area contributed by atoms with Gasteiger partial charge in [-0.05, 0) is 18.4 Å². The van der Waals surface area contributed by atoms with Crippen molar-refractivity contribution in [3.05, 3.63) is 41.5 Å². The number of hydrogen-bond donors (Lipinski definition) is 0. The van der Waals surface area contributed by atoms with Crippen molar-refractivity contribution in [1.82, 2.24) is 4.98 Å². The minimum Gasteiger partial charge on any atom is -0.249 e. The summed E-state index contributed by atoms with van der Waals surface area (Å²) < 4.78 is 0. The van der Waals surface area contributed by atoms with Crippen molar-refractivity contribution in [2.45, 2.75) is 31.6 Å². The van der Waals surface area contributed by atoms with Crippen molar-refractivity contribution < 1.29 is 0 Å². The van der Waals surface area contributed by atoms with E-state index in [2.05, 4.69) is 35.3 Å². The van der Waals surface area contributed by atoms with Crippen molar-refractivity contribution in [3.63, 3.8) is 0 Å². The molecule has 1 aromatic carbocycles. The van der Waals surface area contributed by atoms with Gasteiger partial charge in [-0.15, -0.1) is 11.3 Å². The topological polar surface area (TPSA) is 12.9 Å². The molecule has 0 bridgehead atoms. The molecule has 1 aliphatic rings. The zero-order chi connectivity index (χ0) is 10.8. The molecule has 1 aromatic heterocycles. The lowest BCUT2D eigenvalue weighted by Crippen LogP contribution is -1.88. The summed E-state index contributed by atoms with van der Waals surface area (Å²) >= 11 is 1.87. The van der Waals surface area contributed by atoms with Crippen LogP contribution in [0.4, 0.5) is 0 Å². The molecule has 1 nitrogen and oxygen atoms in total. The van der Waals surface area contributed by atoms with Crippen molar-refractivity contribution in [1.29, 1.82) is 0 Å². The van der Waals surface area contributed by atoms with E-state index in [1.165, 1.54) is 41.1 Å². The monoisotopic (exact) mass is 229 g/mol. The summed E-state index contributed by atoms with van der Waals surface area (Å²) in [6.07, 6.45) is 7.47. The van der Waals surface area contributed by atoms with Crippen LogP contribution < -0.4 is 0 Å². The van der Waals surface area contributed by atoms with Gasteiger partial charge in [0.15, 0.2) is 0 Å². The van der Waals surface area contributed by atoms with Crippen LogP contribution in [-0.2, 0) is 0 Å². The molecular formula is C14H15NS. The Balaban J connectivity index is 1.87. The Morgan fingerprint density at radius 1 is 1.06 bits per heavy atom. The van der Waals surface area contributed by atoms with Crippen LogP contribution in [0.1, 0.15) is 36.6 Å². The molecule has 0 unspecified atom stereocenters. The normalized spacial score (nSPS) is 16.8. The Labute approximate surface area is 100 Å². The summed E-state index contributed by atoms with van der Waals surface area (Å²) in [7, 11) is 0. The number of benzene rings is 1. The van der Waals surface area contributed by atoms with Crippen molar-refractivity contribution in [2.24, 2.45) is 0 Å². The molecule has 1 heterocycles. The maximum atomic E-state index is 4.59. The van der Waals surface area contributed by atoms with Crippen molar-refractivity contribution >= 4 is 11.3 Å². The maximum Gasteiger partial charge on any atom is 0.0962 e. The van der Waals surface area contributed by atoms with Gasteiger partial charge >= 0.3 is 0 Å². The average molecular weight is 229 g/mol. The molecule has 2 heteroatoms. The van der Waals surface area contributed by atoms with E-state index in [0.29, 0.717) is 0 Å². The van der Waals surface area contributed by atoms with Gasteiger partial charge in [0.1, 0.15) is 0 Å². The molecule has 1 aliphatic carbocycles. The molecule has 82 valence electrons. The van der Waals surface area contributed by atoms with E-state index in [9.17, 15) is 0 Å². The molecule has 0 spiro atoms. The summed E-state index contributed by atoms with van der Waals surface area (Å²) in [5.74, 6) is 0.738. The number of nitrogens with zero attached hydrogens (tertiary/aromatic N) is 1.